The van der Waals surface area contributed by atoms with Crippen LogP contribution in [0.3, 0.4) is 0 Å². The Kier molecular flexibility index (Phi) is 8.16. The second-order valence-electron chi connectivity index (χ2n) is 8.29. The van der Waals surface area contributed by atoms with E-state index in [0.29, 0.717) is 22.5 Å². The normalized spacial score (nSPS) is 13.8. The van der Waals surface area contributed by atoms with E-state index >= 15 is 0 Å². The molecule has 1 saturated heterocycles. The maximum atomic E-state index is 12.9. The number of hydrogen-bond acceptors (Lipinski definition) is 8. The number of anilines is 3. The lowest BCUT2D eigenvalue weighted by molar-refractivity contribution is 0.102. The van der Waals surface area contributed by atoms with Crippen molar-refractivity contribution in [2.45, 2.75) is 29.9 Å². The van der Waals surface area contributed by atoms with Crippen molar-refractivity contribution >= 4 is 46.9 Å². The van der Waals surface area contributed by atoms with E-state index < -0.39 is 0 Å². The maximum Gasteiger partial charge on any atom is 0.257 e. The Morgan fingerprint density at radius 1 is 1.14 bits per heavy atom. The molecule has 1 aliphatic rings. The molecule has 2 heterocycles. The van der Waals surface area contributed by atoms with Gasteiger partial charge in [-0.1, -0.05) is 24.1 Å². The number of amides is 1. The third-order valence-electron chi connectivity index (χ3n) is 5.86. The summed E-state index contributed by atoms with van der Waals surface area (Å²) in [7, 11) is 1.95. The minimum absolute atomic E-state index is 0.118. The minimum atomic E-state index is -0.118. The Hall–Kier alpha value is -3.22. The second kappa shape index (κ2) is 11.5. The van der Waals surface area contributed by atoms with E-state index in [1.54, 1.807) is 18.0 Å². The Labute approximate surface area is 215 Å². The van der Waals surface area contributed by atoms with Crippen LogP contribution in [0.5, 0.6) is 0 Å². The highest BCUT2D eigenvalue weighted by molar-refractivity contribution is 8.00. The van der Waals surface area contributed by atoms with Crippen molar-refractivity contribution in [1.82, 2.24) is 9.97 Å². The standard InChI is InChI=1S/C26H28N6OS2/c1-18-16-20(17-27)30-26(28-18)32-14-12-22(13-15-32)35-21-10-8-19(9-11-21)29-25(33)23-6-4-5-7-24(23)31(2)34-3/h4-11,16,22H,12-15H2,1-3H3,(H,29,33). The predicted octanol–water partition coefficient (Wildman–Crippen LogP) is 5.38. The van der Waals surface area contributed by atoms with Crippen LogP contribution < -0.4 is 14.5 Å². The first-order valence-electron chi connectivity index (χ1n) is 11.4. The number of aromatic nitrogens is 2. The molecule has 0 spiro atoms. The van der Waals surface area contributed by atoms with Gasteiger partial charge in [-0.25, -0.2) is 9.97 Å². The first-order chi connectivity index (χ1) is 17.0. The molecule has 0 unspecified atom stereocenters. The number of benzene rings is 2. The lowest BCUT2D eigenvalue weighted by atomic mass is 10.1. The summed E-state index contributed by atoms with van der Waals surface area (Å²) < 4.78 is 1.98. The summed E-state index contributed by atoms with van der Waals surface area (Å²) in [5, 5.41) is 12.7. The van der Waals surface area contributed by atoms with Gasteiger partial charge in [0.05, 0.1) is 11.3 Å². The van der Waals surface area contributed by atoms with Crippen LogP contribution in [0.1, 0.15) is 34.6 Å². The van der Waals surface area contributed by atoms with Crippen LogP contribution in [-0.2, 0) is 0 Å². The van der Waals surface area contributed by atoms with Gasteiger partial charge in [-0.2, -0.15) is 5.26 Å². The molecule has 180 valence electrons. The van der Waals surface area contributed by atoms with Gasteiger partial charge in [0.15, 0.2) is 0 Å². The second-order valence-corrected chi connectivity index (χ2v) is 10.6. The molecule has 4 rings (SSSR count). The molecule has 0 aliphatic carbocycles. The number of carbonyl (C=O) groups excluding carboxylic acids is 1. The maximum absolute atomic E-state index is 12.9. The Balaban J connectivity index is 1.32. The van der Waals surface area contributed by atoms with Gasteiger partial charge in [0.2, 0.25) is 5.95 Å². The zero-order valence-electron chi connectivity index (χ0n) is 20.1. The first kappa shape index (κ1) is 24.9. The molecular formula is C26H28N6OS2. The molecule has 0 saturated carbocycles. The van der Waals surface area contributed by atoms with Crippen molar-refractivity contribution in [1.29, 1.82) is 5.26 Å². The molecule has 9 heteroatoms. The van der Waals surface area contributed by atoms with E-state index in [0.717, 1.165) is 43.0 Å². The van der Waals surface area contributed by atoms with Crippen molar-refractivity contribution < 1.29 is 4.79 Å². The van der Waals surface area contributed by atoms with E-state index in [2.05, 4.69) is 38.4 Å². The number of rotatable bonds is 7. The average Bonchev–Trinajstić information content (AvgIpc) is 2.89. The van der Waals surface area contributed by atoms with Gasteiger partial charge < -0.3 is 14.5 Å². The number of aryl methyl sites for hydroxylation is 1. The Morgan fingerprint density at radius 2 is 1.86 bits per heavy atom. The van der Waals surface area contributed by atoms with E-state index in [1.807, 2.05) is 72.7 Å². The highest BCUT2D eigenvalue weighted by Crippen LogP contribution is 2.32. The molecule has 1 aromatic heterocycles. The van der Waals surface area contributed by atoms with E-state index in [-0.39, 0.29) is 5.91 Å². The highest BCUT2D eigenvalue weighted by Gasteiger charge is 2.22. The smallest absolute Gasteiger partial charge is 0.257 e. The number of hydrogen-bond donors (Lipinski definition) is 1. The van der Waals surface area contributed by atoms with Crippen LogP contribution in [0.4, 0.5) is 17.3 Å². The number of nitrogens with one attached hydrogen (secondary N) is 1. The zero-order chi connectivity index (χ0) is 24.8. The van der Waals surface area contributed by atoms with Gasteiger partial charge in [-0.3, -0.25) is 4.79 Å². The first-order valence-corrected chi connectivity index (χ1v) is 13.5. The molecule has 0 bridgehead atoms. The van der Waals surface area contributed by atoms with Crippen LogP contribution in [0.2, 0.25) is 0 Å². The van der Waals surface area contributed by atoms with Gasteiger partial charge in [0.1, 0.15) is 11.8 Å². The minimum Gasteiger partial charge on any atom is -0.341 e. The summed E-state index contributed by atoms with van der Waals surface area (Å²) in [5.74, 6) is 0.530. The molecule has 3 aromatic rings. The van der Waals surface area contributed by atoms with Crippen molar-refractivity contribution in [3.8, 4) is 6.07 Å². The van der Waals surface area contributed by atoms with Crippen LogP contribution in [0, 0.1) is 18.3 Å². The molecule has 35 heavy (non-hydrogen) atoms. The van der Waals surface area contributed by atoms with Crippen LogP contribution in [0.15, 0.2) is 59.5 Å². The van der Waals surface area contributed by atoms with Crippen molar-refractivity contribution in [2.75, 3.05) is 40.9 Å². The Bertz CT molecular complexity index is 1220. The number of nitrogens with zero attached hydrogens (tertiary/aromatic N) is 5. The average molecular weight is 505 g/mol. The van der Waals surface area contributed by atoms with Crippen LogP contribution in [0.25, 0.3) is 0 Å². The van der Waals surface area contributed by atoms with Gasteiger partial charge in [0, 0.05) is 47.9 Å². The van der Waals surface area contributed by atoms with Crippen LogP contribution in [-0.4, -0.2) is 47.5 Å². The third kappa shape index (κ3) is 6.27. The van der Waals surface area contributed by atoms with Gasteiger partial charge in [0.25, 0.3) is 5.91 Å². The summed E-state index contributed by atoms with van der Waals surface area (Å²) in [6.45, 7) is 3.62. The lowest BCUT2D eigenvalue weighted by Crippen LogP contribution is -2.36. The fraction of sp³-hybridized carbons (Fsp3) is 0.308. The number of thioether (sulfide) groups is 1. The lowest BCUT2D eigenvalue weighted by Gasteiger charge is -2.31. The summed E-state index contributed by atoms with van der Waals surface area (Å²) >= 11 is 3.43. The summed E-state index contributed by atoms with van der Waals surface area (Å²) in [4.78, 5) is 25.1. The molecule has 2 aromatic carbocycles. The van der Waals surface area contributed by atoms with E-state index in [1.165, 1.54) is 4.90 Å². The molecule has 1 N–H and O–H groups in total. The fourth-order valence-corrected chi connectivity index (χ4v) is 5.45. The quantitative estimate of drug-likeness (QED) is 0.429. The third-order valence-corrected chi connectivity index (χ3v) is 7.95. The number of para-hydroxylation sites is 1. The van der Waals surface area contributed by atoms with E-state index in [4.69, 9.17) is 0 Å². The molecule has 1 fully saturated rings. The summed E-state index contributed by atoms with van der Waals surface area (Å²) in [5.41, 5.74) is 3.54. The molecule has 7 nitrogen and oxygen atoms in total. The zero-order valence-corrected chi connectivity index (χ0v) is 21.7. The predicted molar refractivity (Wildman–Crippen MR) is 145 cm³/mol. The largest absolute Gasteiger partial charge is 0.341 e. The van der Waals surface area contributed by atoms with Gasteiger partial charge in [-0.05, 0) is 62.2 Å². The van der Waals surface area contributed by atoms with Crippen molar-refractivity contribution in [3.05, 3.63) is 71.5 Å². The van der Waals surface area contributed by atoms with Gasteiger partial charge in [-0.15, -0.1) is 11.8 Å². The Morgan fingerprint density at radius 3 is 2.54 bits per heavy atom. The molecule has 1 aliphatic heterocycles. The van der Waals surface area contributed by atoms with E-state index in [9.17, 15) is 10.1 Å². The highest BCUT2D eigenvalue weighted by atomic mass is 32.2. The van der Waals surface area contributed by atoms with Crippen molar-refractivity contribution in [3.63, 3.8) is 0 Å². The number of carbonyl (C=O) groups is 1. The van der Waals surface area contributed by atoms with Crippen molar-refractivity contribution in [2.24, 2.45) is 0 Å². The number of piperidine rings is 1. The topological polar surface area (TPSA) is 85.2 Å². The fourth-order valence-electron chi connectivity index (χ4n) is 3.97. The molecule has 0 radical (unpaired) electrons. The summed E-state index contributed by atoms with van der Waals surface area (Å²) in [6, 6.07) is 19.5. The van der Waals surface area contributed by atoms with Crippen LogP contribution >= 0.6 is 23.7 Å². The molecular weight excluding hydrogens is 476 g/mol. The number of nitriles is 1. The molecule has 1 amide bonds. The summed E-state index contributed by atoms with van der Waals surface area (Å²) in [6.07, 6.45) is 4.01. The molecule has 0 atom stereocenters. The monoisotopic (exact) mass is 504 g/mol. The SMILES string of the molecule is CSN(C)c1ccccc1C(=O)Nc1ccc(SC2CCN(c3nc(C)cc(C#N)n3)CC2)cc1. The van der Waals surface area contributed by atoms with Gasteiger partial charge >= 0.3 is 0 Å².